The zero-order valence-electron chi connectivity index (χ0n) is 8.68. The monoisotopic (exact) mass is 231 g/mol. The van der Waals surface area contributed by atoms with Gasteiger partial charge in [-0.25, -0.2) is 4.98 Å². The van der Waals surface area contributed by atoms with Gasteiger partial charge in [-0.05, 0) is 18.2 Å². The summed E-state index contributed by atoms with van der Waals surface area (Å²) in [5.41, 5.74) is 5.91. The Morgan fingerprint density at radius 3 is 2.82 bits per heavy atom. The van der Waals surface area contributed by atoms with E-state index in [1.165, 1.54) is 12.4 Å². The molecule has 2 aromatic rings. The largest absolute Gasteiger partial charge is 0.366 e. The molecule has 4 N–H and O–H groups in total. The van der Waals surface area contributed by atoms with Gasteiger partial charge in [0, 0.05) is 11.3 Å². The van der Waals surface area contributed by atoms with Crippen LogP contribution in [0.4, 0.5) is 5.69 Å². The topological polar surface area (TPSA) is 114 Å². The van der Waals surface area contributed by atoms with Gasteiger partial charge in [0.25, 0.3) is 5.91 Å². The first-order valence-corrected chi connectivity index (χ1v) is 4.73. The number of rotatable bonds is 3. The second kappa shape index (κ2) is 4.44. The fourth-order valence-corrected chi connectivity index (χ4v) is 1.26. The van der Waals surface area contributed by atoms with Crippen molar-refractivity contribution in [3.63, 3.8) is 0 Å². The third-order valence-corrected chi connectivity index (χ3v) is 2.04. The third-order valence-electron chi connectivity index (χ3n) is 2.04. The summed E-state index contributed by atoms with van der Waals surface area (Å²) in [4.78, 5) is 26.2. The molecule has 86 valence electrons. The molecule has 2 rings (SSSR count). The van der Waals surface area contributed by atoms with Crippen molar-refractivity contribution in [1.29, 1.82) is 0 Å². The van der Waals surface area contributed by atoms with Gasteiger partial charge in [-0.15, -0.1) is 0 Å². The number of carbonyl (C=O) groups excluding carboxylic acids is 2. The molecule has 0 fully saturated rings. The zero-order chi connectivity index (χ0) is 12.3. The maximum absolute atomic E-state index is 11.6. The molecule has 2 amide bonds. The van der Waals surface area contributed by atoms with Gasteiger partial charge in [-0.2, -0.15) is 5.10 Å². The van der Waals surface area contributed by atoms with Crippen LogP contribution >= 0.6 is 0 Å². The molecule has 17 heavy (non-hydrogen) atoms. The summed E-state index contributed by atoms with van der Waals surface area (Å²) in [5.74, 6) is -0.903. The van der Waals surface area contributed by atoms with Crippen molar-refractivity contribution >= 4 is 17.5 Å². The molecule has 1 aromatic heterocycles. The molecule has 7 nitrogen and oxygen atoms in total. The van der Waals surface area contributed by atoms with Crippen LogP contribution in [-0.2, 0) is 0 Å². The zero-order valence-corrected chi connectivity index (χ0v) is 8.68. The fraction of sp³-hybridized carbons (Fsp3) is 0. The average molecular weight is 231 g/mol. The highest BCUT2D eigenvalue weighted by atomic mass is 16.2. The number of nitrogens with one attached hydrogen (secondary N) is 2. The van der Waals surface area contributed by atoms with Crippen LogP contribution < -0.4 is 11.1 Å². The van der Waals surface area contributed by atoms with Gasteiger partial charge in [0.2, 0.25) is 11.7 Å². The van der Waals surface area contributed by atoms with Gasteiger partial charge < -0.3 is 11.1 Å². The van der Waals surface area contributed by atoms with Crippen LogP contribution in [0.25, 0.3) is 0 Å². The maximum Gasteiger partial charge on any atom is 0.292 e. The SMILES string of the molecule is NC(=O)c1cccc(NC(=O)c2ncn[nH]2)c1. The van der Waals surface area contributed by atoms with E-state index in [4.69, 9.17) is 5.73 Å². The van der Waals surface area contributed by atoms with E-state index >= 15 is 0 Å². The molecule has 0 unspecified atom stereocenters. The Morgan fingerprint density at radius 2 is 2.18 bits per heavy atom. The molecule has 0 atom stereocenters. The number of hydrogen-bond donors (Lipinski definition) is 3. The quantitative estimate of drug-likeness (QED) is 0.697. The Balaban J connectivity index is 2.16. The van der Waals surface area contributed by atoms with Gasteiger partial charge >= 0.3 is 0 Å². The van der Waals surface area contributed by atoms with Crippen molar-refractivity contribution in [3.05, 3.63) is 42.0 Å². The molecule has 0 spiro atoms. The van der Waals surface area contributed by atoms with E-state index in [-0.39, 0.29) is 5.82 Å². The van der Waals surface area contributed by atoms with Crippen LogP contribution in [0.2, 0.25) is 0 Å². The minimum absolute atomic E-state index is 0.0921. The van der Waals surface area contributed by atoms with Crippen LogP contribution in [0.5, 0.6) is 0 Å². The third kappa shape index (κ3) is 2.46. The lowest BCUT2D eigenvalue weighted by molar-refractivity contribution is 0.0994. The Bertz CT molecular complexity index is 550. The molecule has 0 bridgehead atoms. The Labute approximate surface area is 96.0 Å². The molecule has 0 saturated carbocycles. The highest BCUT2D eigenvalue weighted by Gasteiger charge is 2.09. The molecule has 0 radical (unpaired) electrons. The number of nitrogens with zero attached hydrogens (tertiary/aromatic N) is 2. The van der Waals surface area contributed by atoms with Crippen LogP contribution in [-0.4, -0.2) is 27.0 Å². The van der Waals surface area contributed by atoms with E-state index in [1.54, 1.807) is 18.2 Å². The number of nitrogens with two attached hydrogens (primary N) is 1. The molecule has 1 heterocycles. The van der Waals surface area contributed by atoms with Crippen LogP contribution in [0, 0.1) is 0 Å². The van der Waals surface area contributed by atoms with Crippen molar-refractivity contribution in [2.45, 2.75) is 0 Å². The molecular weight excluding hydrogens is 222 g/mol. The lowest BCUT2D eigenvalue weighted by atomic mass is 10.2. The lowest BCUT2D eigenvalue weighted by Gasteiger charge is -2.03. The number of anilines is 1. The Morgan fingerprint density at radius 1 is 1.35 bits per heavy atom. The number of primary amides is 1. The lowest BCUT2D eigenvalue weighted by Crippen LogP contribution is -2.15. The number of aromatic amines is 1. The fourth-order valence-electron chi connectivity index (χ4n) is 1.26. The molecular formula is C10H9N5O2. The molecule has 0 saturated heterocycles. The van der Waals surface area contributed by atoms with E-state index in [1.807, 2.05) is 0 Å². The second-order valence-electron chi connectivity index (χ2n) is 3.23. The van der Waals surface area contributed by atoms with Crippen molar-refractivity contribution < 1.29 is 9.59 Å². The predicted octanol–water partition coefficient (Wildman–Crippen LogP) is 0.156. The molecule has 7 heteroatoms. The highest BCUT2D eigenvalue weighted by Crippen LogP contribution is 2.10. The van der Waals surface area contributed by atoms with Crippen molar-refractivity contribution in [2.24, 2.45) is 5.73 Å². The van der Waals surface area contributed by atoms with Crippen LogP contribution in [0.1, 0.15) is 21.0 Å². The number of benzene rings is 1. The molecule has 1 aromatic carbocycles. The van der Waals surface area contributed by atoms with Crippen molar-refractivity contribution in [1.82, 2.24) is 15.2 Å². The van der Waals surface area contributed by atoms with Gasteiger partial charge in [0.15, 0.2) is 0 Å². The minimum Gasteiger partial charge on any atom is -0.366 e. The summed E-state index contributed by atoms with van der Waals surface area (Å²) in [6.07, 6.45) is 1.23. The van der Waals surface area contributed by atoms with Gasteiger partial charge in [-0.1, -0.05) is 6.07 Å². The Hall–Kier alpha value is -2.70. The van der Waals surface area contributed by atoms with Crippen molar-refractivity contribution in [2.75, 3.05) is 5.32 Å². The number of amides is 2. The van der Waals surface area contributed by atoms with E-state index in [0.717, 1.165) is 0 Å². The highest BCUT2D eigenvalue weighted by molar-refractivity contribution is 6.02. The summed E-state index contributed by atoms with van der Waals surface area (Å²) in [6.45, 7) is 0. The van der Waals surface area contributed by atoms with E-state index in [9.17, 15) is 9.59 Å². The van der Waals surface area contributed by atoms with Crippen LogP contribution in [0.3, 0.4) is 0 Å². The van der Waals surface area contributed by atoms with Crippen molar-refractivity contribution in [3.8, 4) is 0 Å². The molecule has 0 aliphatic rings. The van der Waals surface area contributed by atoms with Gasteiger partial charge in [0.05, 0.1) is 0 Å². The summed E-state index contributed by atoms with van der Waals surface area (Å²) in [7, 11) is 0. The number of carbonyl (C=O) groups is 2. The second-order valence-corrected chi connectivity index (χ2v) is 3.23. The molecule has 0 aliphatic heterocycles. The normalized spacial score (nSPS) is 9.88. The first kappa shape index (κ1) is 10.8. The minimum atomic E-state index is -0.555. The first-order valence-electron chi connectivity index (χ1n) is 4.73. The summed E-state index contributed by atoms with van der Waals surface area (Å²) in [6, 6.07) is 6.31. The Kier molecular flexibility index (Phi) is 2.82. The average Bonchev–Trinajstić information content (AvgIpc) is 2.82. The number of H-pyrrole nitrogens is 1. The number of hydrogen-bond acceptors (Lipinski definition) is 4. The summed E-state index contributed by atoms with van der Waals surface area (Å²) < 4.78 is 0. The summed E-state index contributed by atoms with van der Waals surface area (Å²) >= 11 is 0. The number of aromatic nitrogens is 3. The molecule has 0 aliphatic carbocycles. The smallest absolute Gasteiger partial charge is 0.292 e. The van der Waals surface area contributed by atoms with Gasteiger partial charge in [-0.3, -0.25) is 14.7 Å². The first-order chi connectivity index (χ1) is 8.16. The summed E-state index contributed by atoms with van der Waals surface area (Å²) in [5, 5.41) is 8.55. The maximum atomic E-state index is 11.6. The standard InChI is InChI=1S/C10H9N5O2/c11-8(16)6-2-1-3-7(4-6)14-10(17)9-12-5-13-15-9/h1-5H,(H2,11,16)(H,14,17)(H,12,13,15). The van der Waals surface area contributed by atoms with Gasteiger partial charge in [0.1, 0.15) is 6.33 Å². The van der Waals surface area contributed by atoms with E-state index in [2.05, 4.69) is 20.5 Å². The van der Waals surface area contributed by atoms with E-state index in [0.29, 0.717) is 11.3 Å². The van der Waals surface area contributed by atoms with E-state index < -0.39 is 11.8 Å². The predicted molar refractivity (Wildman–Crippen MR) is 59.3 cm³/mol. The van der Waals surface area contributed by atoms with Crippen LogP contribution in [0.15, 0.2) is 30.6 Å².